The molecule has 0 unspecified atom stereocenters. The molecular formula is C12H9N5O5S. The maximum absolute atomic E-state index is 11.9. The zero-order valence-electron chi connectivity index (χ0n) is 11.3. The van der Waals surface area contributed by atoms with Crippen molar-refractivity contribution in [2.45, 2.75) is 0 Å². The number of aromatic amines is 2. The summed E-state index contributed by atoms with van der Waals surface area (Å²) >= 11 is 4.65. The molecule has 0 radical (unpaired) electrons. The first-order valence-corrected chi connectivity index (χ1v) is 6.43. The van der Waals surface area contributed by atoms with Crippen LogP contribution in [0, 0.1) is 14.9 Å². The maximum atomic E-state index is 11.9. The van der Waals surface area contributed by atoms with E-state index in [9.17, 15) is 24.8 Å². The van der Waals surface area contributed by atoms with Crippen LogP contribution in [-0.2, 0) is 0 Å². The number of carbonyl (C=O) groups excluding carboxylic acids is 1. The number of nitro benzene ring substituents is 1. The van der Waals surface area contributed by atoms with E-state index in [1.54, 1.807) is 0 Å². The summed E-state index contributed by atoms with van der Waals surface area (Å²) < 4.78 is -0.0754. The molecule has 118 valence electrons. The molecule has 10 nitrogen and oxygen atoms in total. The van der Waals surface area contributed by atoms with Gasteiger partial charge in [-0.1, -0.05) is 12.1 Å². The first kappa shape index (κ1) is 16.0. The van der Waals surface area contributed by atoms with E-state index >= 15 is 0 Å². The van der Waals surface area contributed by atoms with Crippen LogP contribution in [0.25, 0.3) is 0 Å². The lowest BCUT2D eigenvalue weighted by atomic mass is 10.2. The lowest BCUT2D eigenvalue weighted by molar-refractivity contribution is -0.385. The Hall–Kier alpha value is -3.34. The highest BCUT2D eigenvalue weighted by Crippen LogP contribution is 2.17. The smallest absolute Gasteiger partial charge is 0.282 e. The third kappa shape index (κ3) is 3.65. The Morgan fingerprint density at radius 1 is 1.39 bits per heavy atom. The van der Waals surface area contributed by atoms with Gasteiger partial charge in [0.15, 0.2) is 4.77 Å². The van der Waals surface area contributed by atoms with Gasteiger partial charge in [0.1, 0.15) is 11.1 Å². The fourth-order valence-corrected chi connectivity index (χ4v) is 1.83. The van der Waals surface area contributed by atoms with E-state index < -0.39 is 22.3 Å². The summed E-state index contributed by atoms with van der Waals surface area (Å²) in [6, 6.07) is 5.31. The van der Waals surface area contributed by atoms with Crippen LogP contribution in [-0.4, -0.2) is 32.1 Å². The number of carbonyl (C=O) groups is 1. The highest BCUT2D eigenvalue weighted by atomic mass is 32.1. The second-order valence-electron chi connectivity index (χ2n) is 4.14. The third-order valence-corrected chi connectivity index (χ3v) is 2.87. The van der Waals surface area contributed by atoms with Crippen molar-refractivity contribution < 1.29 is 14.8 Å². The fourth-order valence-electron chi connectivity index (χ4n) is 1.64. The zero-order chi connectivity index (χ0) is 17.0. The fraction of sp³-hybridized carbons (Fsp3) is 0. The molecular weight excluding hydrogens is 326 g/mol. The maximum Gasteiger partial charge on any atom is 0.282 e. The third-order valence-electron chi connectivity index (χ3n) is 2.66. The lowest BCUT2D eigenvalue weighted by Gasteiger charge is -2.01. The topological polar surface area (TPSA) is 153 Å². The van der Waals surface area contributed by atoms with Crippen molar-refractivity contribution in [2.75, 3.05) is 0 Å². The number of aromatic nitrogens is 2. The van der Waals surface area contributed by atoms with Gasteiger partial charge in [0, 0.05) is 6.07 Å². The number of benzene rings is 1. The number of para-hydroxylation sites is 1. The molecule has 0 aliphatic rings. The second kappa shape index (κ2) is 6.62. The van der Waals surface area contributed by atoms with Gasteiger partial charge in [-0.15, -0.1) is 0 Å². The van der Waals surface area contributed by atoms with Gasteiger partial charge in [0.05, 0.1) is 11.1 Å². The summed E-state index contributed by atoms with van der Waals surface area (Å²) in [6.07, 6.45) is 0.881. The quantitative estimate of drug-likeness (QED) is 0.280. The standard InChI is InChI=1S/C12H9N5O5S/c18-9-7(10(19)15-12(23)14-9)5-13-16-11(20)6-3-1-2-4-8(6)17(21)22/h1-5H,(H,16,20)(H3,14,15,18,19,23)/b13-5-. The molecule has 0 atom stereocenters. The minimum Gasteiger partial charge on any atom is -0.494 e. The summed E-state index contributed by atoms with van der Waals surface area (Å²) in [6.45, 7) is 0. The normalized spacial score (nSPS) is 10.6. The molecule has 0 bridgehead atoms. The molecule has 1 aromatic carbocycles. The van der Waals surface area contributed by atoms with Crippen molar-refractivity contribution in [1.29, 1.82) is 0 Å². The molecule has 0 saturated heterocycles. The SMILES string of the molecule is O=C(N/N=C\c1c(O)[nH]c(=S)[nH]c1=O)c1ccccc1[N+](=O)[O-]. The van der Waals surface area contributed by atoms with Gasteiger partial charge in [-0.25, -0.2) is 5.43 Å². The molecule has 23 heavy (non-hydrogen) atoms. The number of rotatable bonds is 4. The Bertz CT molecular complexity index is 917. The van der Waals surface area contributed by atoms with Crippen LogP contribution in [0.15, 0.2) is 34.2 Å². The van der Waals surface area contributed by atoms with Gasteiger partial charge in [0.25, 0.3) is 17.2 Å². The first-order chi connectivity index (χ1) is 10.9. The number of amides is 1. The predicted molar refractivity (Wildman–Crippen MR) is 82.1 cm³/mol. The number of hydrogen-bond acceptors (Lipinski definition) is 7. The number of nitro groups is 1. The van der Waals surface area contributed by atoms with Crippen molar-refractivity contribution in [3.63, 3.8) is 0 Å². The largest absolute Gasteiger partial charge is 0.494 e. The molecule has 0 aliphatic heterocycles. The van der Waals surface area contributed by atoms with Crippen LogP contribution < -0.4 is 11.0 Å². The van der Waals surface area contributed by atoms with Crippen molar-refractivity contribution in [3.8, 4) is 5.88 Å². The predicted octanol–water partition coefficient (Wildman–Crippen LogP) is 0.810. The van der Waals surface area contributed by atoms with Crippen LogP contribution >= 0.6 is 12.2 Å². The number of nitrogens with one attached hydrogen (secondary N) is 3. The Kier molecular flexibility index (Phi) is 4.61. The first-order valence-electron chi connectivity index (χ1n) is 6.02. The zero-order valence-corrected chi connectivity index (χ0v) is 12.1. The van der Waals surface area contributed by atoms with Gasteiger partial charge < -0.3 is 10.1 Å². The van der Waals surface area contributed by atoms with E-state index in [1.807, 2.05) is 5.43 Å². The Morgan fingerprint density at radius 2 is 2.09 bits per heavy atom. The second-order valence-corrected chi connectivity index (χ2v) is 4.55. The summed E-state index contributed by atoms with van der Waals surface area (Å²) in [5.41, 5.74) is 0.480. The lowest BCUT2D eigenvalue weighted by Crippen LogP contribution is -2.20. The molecule has 0 spiro atoms. The monoisotopic (exact) mass is 335 g/mol. The molecule has 2 rings (SSSR count). The van der Waals surface area contributed by atoms with Crippen molar-refractivity contribution in [1.82, 2.24) is 15.4 Å². The Morgan fingerprint density at radius 3 is 2.74 bits per heavy atom. The van der Waals surface area contributed by atoms with E-state index in [0.717, 1.165) is 6.21 Å². The molecule has 1 aromatic heterocycles. The highest BCUT2D eigenvalue weighted by molar-refractivity contribution is 7.71. The van der Waals surface area contributed by atoms with Crippen LogP contribution in [0.2, 0.25) is 0 Å². The van der Waals surface area contributed by atoms with Gasteiger partial charge in [0.2, 0.25) is 5.88 Å². The van der Waals surface area contributed by atoms with E-state index in [-0.39, 0.29) is 21.6 Å². The molecule has 2 aromatic rings. The van der Waals surface area contributed by atoms with Gasteiger partial charge in [-0.05, 0) is 18.3 Å². The Labute approximate surface area is 132 Å². The average molecular weight is 335 g/mol. The van der Waals surface area contributed by atoms with Crippen molar-refractivity contribution >= 4 is 30.0 Å². The van der Waals surface area contributed by atoms with Crippen LogP contribution in [0.5, 0.6) is 5.88 Å². The minimum atomic E-state index is -0.840. The summed E-state index contributed by atoms with van der Waals surface area (Å²) in [5.74, 6) is -1.37. The van der Waals surface area contributed by atoms with Gasteiger partial charge in [-0.2, -0.15) is 5.10 Å². The number of aromatic hydroxyl groups is 1. The molecule has 11 heteroatoms. The summed E-state index contributed by atoms with van der Waals surface area (Å²) in [4.78, 5) is 38.1. The molecule has 1 heterocycles. The van der Waals surface area contributed by atoms with E-state index in [4.69, 9.17) is 0 Å². The summed E-state index contributed by atoms with van der Waals surface area (Å²) in [7, 11) is 0. The molecule has 0 aliphatic carbocycles. The molecule has 4 N–H and O–H groups in total. The van der Waals surface area contributed by atoms with Gasteiger partial charge >= 0.3 is 0 Å². The van der Waals surface area contributed by atoms with Gasteiger partial charge in [-0.3, -0.25) is 24.7 Å². The van der Waals surface area contributed by atoms with Crippen LogP contribution in [0.3, 0.4) is 0 Å². The van der Waals surface area contributed by atoms with E-state index in [1.165, 1.54) is 24.3 Å². The van der Waals surface area contributed by atoms with Crippen LogP contribution in [0.1, 0.15) is 15.9 Å². The van der Waals surface area contributed by atoms with Crippen LogP contribution in [0.4, 0.5) is 5.69 Å². The van der Waals surface area contributed by atoms with E-state index in [2.05, 4.69) is 27.3 Å². The number of H-pyrrole nitrogens is 2. The number of hydrazone groups is 1. The number of nitrogens with zero attached hydrogens (tertiary/aromatic N) is 2. The molecule has 0 saturated carbocycles. The molecule has 1 amide bonds. The van der Waals surface area contributed by atoms with Crippen molar-refractivity contribution in [3.05, 3.63) is 60.6 Å². The van der Waals surface area contributed by atoms with E-state index in [0.29, 0.717) is 0 Å². The van der Waals surface area contributed by atoms with Crippen molar-refractivity contribution in [2.24, 2.45) is 5.10 Å². The average Bonchev–Trinajstić information content (AvgIpc) is 2.49. The minimum absolute atomic E-state index is 0.0754. The number of hydrogen-bond donors (Lipinski definition) is 4. The summed E-state index contributed by atoms with van der Waals surface area (Å²) in [5, 5.41) is 23.9. The highest BCUT2D eigenvalue weighted by Gasteiger charge is 2.18. The molecule has 0 fully saturated rings. The Balaban J connectivity index is 2.22.